The molecule has 0 saturated heterocycles. The predicted molar refractivity (Wildman–Crippen MR) is 103 cm³/mol. The molecule has 3 rings (SSSR count). The maximum absolute atomic E-state index is 13.9. The first kappa shape index (κ1) is 25.6. The summed E-state index contributed by atoms with van der Waals surface area (Å²) in [5.41, 5.74) is 0.933. The van der Waals surface area contributed by atoms with Crippen molar-refractivity contribution in [1.82, 2.24) is 4.89 Å². The molecule has 0 atom stereocenters. The Morgan fingerprint density at radius 1 is 0.676 bits per heavy atom. The van der Waals surface area contributed by atoms with Crippen LogP contribution in [0.25, 0.3) is 21.9 Å². The van der Waals surface area contributed by atoms with Crippen molar-refractivity contribution in [1.29, 1.82) is 0 Å². The zero-order chi connectivity index (χ0) is 25.6. The Kier molecular flexibility index (Phi) is 6.28. The molecule has 0 aliphatic heterocycles. The fourth-order valence-corrected chi connectivity index (χ4v) is 3.70. The fourth-order valence-electron chi connectivity index (χ4n) is 2.93. The van der Waals surface area contributed by atoms with Gasteiger partial charge in [-0.25, -0.2) is 8.42 Å². The summed E-state index contributed by atoms with van der Waals surface area (Å²) < 4.78 is 141. The van der Waals surface area contributed by atoms with Crippen molar-refractivity contribution < 1.29 is 52.8 Å². The molecule has 0 heterocycles. The number of fused-ring (bicyclic) bond motifs is 1. The highest BCUT2D eigenvalue weighted by molar-refractivity contribution is 7.90. The minimum absolute atomic E-state index is 0.106. The van der Waals surface area contributed by atoms with E-state index in [2.05, 4.69) is 4.84 Å². The Hall–Kier alpha value is -3.00. The second-order valence-corrected chi connectivity index (χ2v) is 8.56. The highest BCUT2D eigenvalue weighted by Crippen LogP contribution is 2.54. The molecule has 0 fully saturated rings. The molecule has 3 aromatic rings. The number of rotatable bonds is 7. The third kappa shape index (κ3) is 4.04. The molecule has 0 aromatic heterocycles. The lowest BCUT2D eigenvalue weighted by molar-refractivity contribution is -0.382. The van der Waals surface area contributed by atoms with Gasteiger partial charge in [0.1, 0.15) is 0 Å². The van der Waals surface area contributed by atoms with Crippen molar-refractivity contribution >= 4 is 20.8 Å². The summed E-state index contributed by atoms with van der Waals surface area (Å²) in [5.74, 6) is -15.3. The lowest BCUT2D eigenvalue weighted by atomic mass is 9.98. The molecule has 0 radical (unpaired) electrons. The van der Waals surface area contributed by atoms with Crippen LogP contribution in [0.2, 0.25) is 0 Å². The maximum atomic E-state index is 13.9. The molecule has 0 amide bonds. The predicted octanol–water partition coefficient (Wildman–Crippen LogP) is 6.15. The van der Waals surface area contributed by atoms with Crippen LogP contribution in [0.4, 0.5) is 39.5 Å². The lowest BCUT2D eigenvalue weighted by Gasteiger charge is -2.32. The van der Waals surface area contributed by atoms with Crippen LogP contribution in [0.3, 0.4) is 0 Å². The molecule has 0 bridgehead atoms. The van der Waals surface area contributed by atoms with Crippen LogP contribution in [-0.4, -0.2) is 31.7 Å². The summed E-state index contributed by atoms with van der Waals surface area (Å²) >= 11 is 0. The SMILES string of the molecule is O=S(=O)(NOc1cccc2cccc(-c3ccccc3)c12)C(F)(F)C(F)(F)C(F)(F)C(F)(F)F. The topological polar surface area (TPSA) is 55.4 Å². The molecular weight excluding hydrogens is 505 g/mol. The molecule has 0 unspecified atom stereocenters. The van der Waals surface area contributed by atoms with Gasteiger partial charge in [-0.3, -0.25) is 0 Å². The highest BCUT2D eigenvalue weighted by Gasteiger charge is 2.85. The number of hydrogen-bond donors (Lipinski definition) is 1. The molecule has 184 valence electrons. The monoisotopic (exact) mass is 517 g/mol. The van der Waals surface area contributed by atoms with E-state index in [4.69, 9.17) is 0 Å². The molecule has 3 aromatic carbocycles. The molecule has 14 heteroatoms. The van der Waals surface area contributed by atoms with E-state index in [1.807, 2.05) is 0 Å². The van der Waals surface area contributed by atoms with Gasteiger partial charge in [-0.1, -0.05) is 60.7 Å². The maximum Gasteiger partial charge on any atom is 0.460 e. The molecule has 0 spiro atoms. The molecule has 4 nitrogen and oxygen atoms in total. The van der Waals surface area contributed by atoms with Crippen molar-refractivity contribution in [3.05, 3.63) is 66.7 Å². The summed E-state index contributed by atoms with van der Waals surface area (Å²) in [4.78, 5) is 5.11. The van der Waals surface area contributed by atoms with Gasteiger partial charge in [-0.05, 0) is 27.5 Å². The van der Waals surface area contributed by atoms with E-state index in [-0.39, 0.29) is 5.39 Å². The van der Waals surface area contributed by atoms with Gasteiger partial charge >= 0.3 is 33.3 Å². The van der Waals surface area contributed by atoms with Gasteiger partial charge in [0.15, 0.2) is 5.75 Å². The van der Waals surface area contributed by atoms with Gasteiger partial charge in [0, 0.05) is 5.39 Å². The van der Waals surface area contributed by atoms with Crippen LogP contribution in [0.5, 0.6) is 5.75 Å². The van der Waals surface area contributed by atoms with Gasteiger partial charge in [-0.15, -0.1) is 0 Å². The van der Waals surface area contributed by atoms with E-state index in [1.54, 1.807) is 36.4 Å². The third-order valence-electron chi connectivity index (χ3n) is 4.67. The summed E-state index contributed by atoms with van der Waals surface area (Å²) in [6.07, 6.45) is -7.17. The van der Waals surface area contributed by atoms with E-state index < -0.39 is 39.0 Å². The van der Waals surface area contributed by atoms with E-state index in [0.29, 0.717) is 21.4 Å². The number of alkyl halides is 9. The standard InChI is InChI=1S/C20H12F9NO3S/c21-17(22,19(25,26)27)18(23,24)20(28,29)34(31,32)30-33-15-11-5-9-13-8-4-10-14(16(13)15)12-6-2-1-3-7-12/h1-11,30H. The van der Waals surface area contributed by atoms with Crippen LogP contribution in [0, 0.1) is 0 Å². The van der Waals surface area contributed by atoms with E-state index >= 15 is 0 Å². The quantitative estimate of drug-likeness (QED) is 0.303. The molecule has 34 heavy (non-hydrogen) atoms. The molecule has 0 aliphatic rings. The van der Waals surface area contributed by atoms with Crippen LogP contribution in [0.15, 0.2) is 66.7 Å². The average Bonchev–Trinajstić information content (AvgIpc) is 2.76. The number of hydrogen-bond acceptors (Lipinski definition) is 3. The molecule has 1 N–H and O–H groups in total. The lowest BCUT2D eigenvalue weighted by Crippen LogP contribution is -2.65. The number of halogens is 9. The zero-order valence-electron chi connectivity index (χ0n) is 16.4. The van der Waals surface area contributed by atoms with E-state index in [1.165, 1.54) is 24.3 Å². The Labute approximate surface area is 185 Å². The average molecular weight is 517 g/mol. The first-order valence-corrected chi connectivity index (χ1v) is 10.5. The fraction of sp³-hybridized carbons (Fsp3) is 0.200. The minimum Gasteiger partial charge on any atom is -0.393 e. The number of sulfonamides is 1. The summed E-state index contributed by atoms with van der Waals surface area (Å²) in [6.45, 7) is 0. The van der Waals surface area contributed by atoms with Crippen molar-refractivity contribution in [3.63, 3.8) is 0 Å². The Bertz CT molecular complexity index is 1290. The smallest absolute Gasteiger partial charge is 0.393 e. The van der Waals surface area contributed by atoms with Crippen molar-refractivity contribution in [2.75, 3.05) is 0 Å². The van der Waals surface area contributed by atoms with E-state index in [0.717, 1.165) is 6.07 Å². The van der Waals surface area contributed by atoms with Crippen molar-refractivity contribution in [2.24, 2.45) is 0 Å². The largest absolute Gasteiger partial charge is 0.460 e. The normalized spacial score (nSPS) is 13.8. The first-order valence-electron chi connectivity index (χ1n) is 9.00. The Balaban J connectivity index is 2.01. The van der Waals surface area contributed by atoms with Crippen LogP contribution in [0.1, 0.15) is 0 Å². The zero-order valence-corrected chi connectivity index (χ0v) is 17.2. The first-order chi connectivity index (χ1) is 15.5. The van der Waals surface area contributed by atoms with Crippen LogP contribution in [-0.2, 0) is 10.0 Å². The summed E-state index contributed by atoms with van der Waals surface area (Å²) in [5, 5.41) is -6.44. The number of benzene rings is 3. The summed E-state index contributed by atoms with van der Waals surface area (Å²) in [6, 6.07) is 16.7. The molecular formula is C20H12F9NO3S. The second kappa shape index (κ2) is 8.34. The Morgan fingerprint density at radius 2 is 1.24 bits per heavy atom. The van der Waals surface area contributed by atoms with Crippen molar-refractivity contribution in [3.8, 4) is 16.9 Å². The minimum atomic E-state index is -7.38. The molecule has 0 aliphatic carbocycles. The summed E-state index contributed by atoms with van der Waals surface area (Å²) in [7, 11) is -6.94. The molecule has 0 saturated carbocycles. The Morgan fingerprint density at radius 3 is 1.79 bits per heavy atom. The third-order valence-corrected chi connectivity index (χ3v) is 5.90. The van der Waals surface area contributed by atoms with Crippen LogP contribution < -0.4 is 9.72 Å². The second-order valence-electron chi connectivity index (χ2n) is 6.88. The van der Waals surface area contributed by atoms with Gasteiger partial charge in [0.25, 0.3) is 0 Å². The van der Waals surface area contributed by atoms with Gasteiger partial charge in [0.05, 0.1) is 0 Å². The van der Waals surface area contributed by atoms with Gasteiger partial charge < -0.3 is 4.84 Å². The van der Waals surface area contributed by atoms with Crippen molar-refractivity contribution in [2.45, 2.75) is 23.3 Å². The van der Waals surface area contributed by atoms with Gasteiger partial charge in [0.2, 0.25) is 0 Å². The van der Waals surface area contributed by atoms with Gasteiger partial charge in [-0.2, -0.15) is 39.5 Å². The van der Waals surface area contributed by atoms with E-state index in [9.17, 15) is 47.9 Å². The highest BCUT2D eigenvalue weighted by atomic mass is 32.2. The number of nitrogens with one attached hydrogen (secondary N) is 1. The van der Waals surface area contributed by atoms with Crippen LogP contribution >= 0.6 is 0 Å².